The fourth-order valence-electron chi connectivity index (χ4n) is 0.211. The molecule has 0 aromatic rings. The van der Waals surface area contributed by atoms with E-state index in [9.17, 15) is 0 Å². The van der Waals surface area contributed by atoms with E-state index in [0.29, 0.717) is 5.92 Å². The summed E-state index contributed by atoms with van der Waals surface area (Å²) >= 11 is 4.00. The fraction of sp³-hybridized carbons (Fsp3) is 0.800. The summed E-state index contributed by atoms with van der Waals surface area (Å²) in [4.78, 5) is 0. The molecule has 0 spiro atoms. The molecule has 0 aromatic heterocycles. The van der Waals surface area contributed by atoms with Gasteiger partial charge in [0.1, 0.15) is 0 Å². The minimum atomic E-state index is 0.697. The van der Waals surface area contributed by atoms with Crippen LogP contribution in [0.15, 0.2) is 0 Å². The molecule has 0 aliphatic carbocycles. The molecule has 0 bridgehead atoms. The van der Waals surface area contributed by atoms with Crippen LogP contribution >= 0.6 is 12.6 Å². The predicted octanol–water partition coefficient (Wildman–Crippen LogP) is 1.78. The van der Waals surface area contributed by atoms with Crippen LogP contribution in [0.5, 0.6) is 0 Å². The van der Waals surface area contributed by atoms with Gasteiger partial charge in [-0.05, 0) is 18.1 Å². The molecule has 37 valence electrons. The zero-order valence-electron chi connectivity index (χ0n) is 4.31. The molecule has 0 aliphatic heterocycles. The van der Waals surface area contributed by atoms with Crippen molar-refractivity contribution in [2.45, 2.75) is 13.8 Å². The second kappa shape index (κ2) is 3.54. The maximum atomic E-state index is 4.00. The molecular formula is C5H11S. The Hall–Kier alpha value is 0.350. The smallest absolute Gasteiger partial charge is 0.00640 e. The highest BCUT2D eigenvalue weighted by Crippen LogP contribution is 1.96. The summed E-state index contributed by atoms with van der Waals surface area (Å²) in [5.41, 5.74) is 0. The average molecular weight is 103 g/mol. The molecule has 0 rings (SSSR count). The van der Waals surface area contributed by atoms with Gasteiger partial charge in [0.15, 0.2) is 0 Å². The van der Waals surface area contributed by atoms with Crippen LogP contribution in [-0.4, -0.2) is 5.75 Å². The van der Waals surface area contributed by atoms with Gasteiger partial charge in [-0.3, -0.25) is 0 Å². The van der Waals surface area contributed by atoms with Crippen LogP contribution in [0.4, 0.5) is 0 Å². The van der Waals surface area contributed by atoms with Gasteiger partial charge >= 0.3 is 0 Å². The van der Waals surface area contributed by atoms with Crippen molar-refractivity contribution < 1.29 is 0 Å². The van der Waals surface area contributed by atoms with Gasteiger partial charge in [-0.1, -0.05) is 13.8 Å². The molecule has 0 saturated heterocycles. The molecule has 0 fully saturated rings. The Morgan fingerprint density at radius 2 is 2.17 bits per heavy atom. The number of thiol groups is 1. The highest BCUT2D eigenvalue weighted by atomic mass is 32.1. The largest absolute Gasteiger partial charge is 0.179 e. The van der Waals surface area contributed by atoms with Gasteiger partial charge in [0.05, 0.1) is 0 Å². The van der Waals surface area contributed by atoms with Gasteiger partial charge in [-0.25, -0.2) is 0 Å². The molecule has 0 aliphatic rings. The topological polar surface area (TPSA) is 0 Å². The second-order valence-corrected chi connectivity index (χ2v) is 2.03. The van der Waals surface area contributed by atoms with Crippen molar-refractivity contribution >= 4 is 12.6 Å². The summed E-state index contributed by atoms with van der Waals surface area (Å²) < 4.78 is 0. The van der Waals surface area contributed by atoms with Gasteiger partial charge in [-0.2, -0.15) is 12.6 Å². The lowest BCUT2D eigenvalue weighted by Gasteiger charge is -1.94. The lowest BCUT2D eigenvalue weighted by Crippen LogP contribution is -1.86. The third-order valence-corrected chi connectivity index (χ3v) is 0.788. The summed E-state index contributed by atoms with van der Waals surface area (Å²) in [6.45, 7) is 4.30. The predicted molar refractivity (Wildman–Crippen MR) is 33.0 cm³/mol. The first-order valence-corrected chi connectivity index (χ1v) is 2.84. The van der Waals surface area contributed by atoms with Gasteiger partial charge in [0.2, 0.25) is 0 Å². The van der Waals surface area contributed by atoms with Crippen molar-refractivity contribution in [3.8, 4) is 0 Å². The van der Waals surface area contributed by atoms with Gasteiger partial charge in [-0.15, -0.1) is 0 Å². The van der Waals surface area contributed by atoms with Gasteiger partial charge in [0, 0.05) is 0 Å². The minimum Gasteiger partial charge on any atom is -0.179 e. The molecule has 0 heterocycles. The Labute approximate surface area is 45.4 Å². The van der Waals surface area contributed by atoms with E-state index in [-0.39, 0.29) is 0 Å². The zero-order chi connectivity index (χ0) is 4.99. The monoisotopic (exact) mass is 103 g/mol. The highest BCUT2D eigenvalue weighted by molar-refractivity contribution is 7.80. The molecule has 0 unspecified atom stereocenters. The quantitative estimate of drug-likeness (QED) is 0.506. The van der Waals surface area contributed by atoms with Crippen molar-refractivity contribution in [3.63, 3.8) is 0 Å². The third kappa shape index (κ3) is 4.35. The lowest BCUT2D eigenvalue weighted by atomic mass is 10.2. The van der Waals surface area contributed by atoms with E-state index >= 15 is 0 Å². The van der Waals surface area contributed by atoms with Gasteiger partial charge in [0.25, 0.3) is 0 Å². The summed E-state index contributed by atoms with van der Waals surface area (Å²) in [5, 5.41) is 0. The molecule has 1 heteroatoms. The highest BCUT2D eigenvalue weighted by Gasteiger charge is 1.86. The third-order valence-electron chi connectivity index (χ3n) is 0.577. The first-order chi connectivity index (χ1) is 2.77. The van der Waals surface area contributed by atoms with Crippen molar-refractivity contribution in [1.82, 2.24) is 0 Å². The fourth-order valence-corrected chi connectivity index (χ4v) is 0.632. The van der Waals surface area contributed by atoms with E-state index in [2.05, 4.69) is 32.9 Å². The normalized spacial score (nSPS) is 10.0. The molecule has 0 N–H and O–H groups in total. The second-order valence-electron chi connectivity index (χ2n) is 1.66. The van der Waals surface area contributed by atoms with Crippen molar-refractivity contribution in [1.29, 1.82) is 0 Å². The first-order valence-electron chi connectivity index (χ1n) is 2.21. The van der Waals surface area contributed by atoms with Crippen molar-refractivity contribution in [3.05, 3.63) is 6.42 Å². The summed E-state index contributed by atoms with van der Waals surface area (Å²) in [5.74, 6) is 1.60. The first kappa shape index (κ1) is 6.35. The van der Waals surface area contributed by atoms with E-state index in [0.717, 1.165) is 5.75 Å². The summed E-state index contributed by atoms with van der Waals surface area (Å²) in [7, 11) is 0. The Kier molecular flexibility index (Phi) is 3.74. The maximum Gasteiger partial charge on any atom is -0.00640 e. The van der Waals surface area contributed by atoms with Crippen LogP contribution in [-0.2, 0) is 0 Å². The van der Waals surface area contributed by atoms with Crippen LogP contribution in [0.1, 0.15) is 13.8 Å². The Morgan fingerprint density at radius 1 is 1.67 bits per heavy atom. The van der Waals surface area contributed by atoms with Crippen LogP contribution in [0.25, 0.3) is 0 Å². The molecule has 0 saturated carbocycles. The van der Waals surface area contributed by atoms with Crippen LogP contribution < -0.4 is 0 Å². The van der Waals surface area contributed by atoms with Crippen LogP contribution in [0, 0.1) is 12.3 Å². The van der Waals surface area contributed by atoms with E-state index in [1.807, 2.05) is 0 Å². The molecule has 1 radical (unpaired) electrons. The van der Waals surface area contributed by atoms with Crippen LogP contribution in [0.3, 0.4) is 0 Å². The molecular weight excluding hydrogens is 92.1 g/mol. The molecule has 6 heavy (non-hydrogen) atoms. The van der Waals surface area contributed by atoms with Gasteiger partial charge < -0.3 is 0 Å². The number of hydrogen-bond acceptors (Lipinski definition) is 1. The molecule has 0 amide bonds. The Balaban J connectivity index is 2.63. The number of rotatable bonds is 2. The zero-order valence-corrected chi connectivity index (χ0v) is 5.20. The SMILES string of the molecule is CC(C)[CH]CS. The van der Waals surface area contributed by atoms with Crippen molar-refractivity contribution in [2.75, 3.05) is 5.75 Å². The van der Waals surface area contributed by atoms with Crippen LogP contribution in [0.2, 0.25) is 0 Å². The molecule has 0 atom stereocenters. The standard InChI is InChI=1S/C5H11S/c1-5(2)3-4-6/h3,5-6H,4H2,1-2H3. The minimum absolute atomic E-state index is 0.697. The molecule has 0 aromatic carbocycles. The Bertz CT molecular complexity index is 25.1. The average Bonchev–Trinajstić information content (AvgIpc) is 1.35. The Morgan fingerprint density at radius 3 is 2.17 bits per heavy atom. The van der Waals surface area contributed by atoms with E-state index in [1.54, 1.807) is 0 Å². The van der Waals surface area contributed by atoms with E-state index < -0.39 is 0 Å². The van der Waals surface area contributed by atoms with E-state index in [4.69, 9.17) is 0 Å². The maximum absolute atomic E-state index is 4.00. The molecule has 0 nitrogen and oxygen atoms in total. The van der Waals surface area contributed by atoms with Crippen molar-refractivity contribution in [2.24, 2.45) is 5.92 Å². The summed E-state index contributed by atoms with van der Waals surface area (Å²) in [6.07, 6.45) is 2.16. The number of hydrogen-bond donors (Lipinski definition) is 1. The summed E-state index contributed by atoms with van der Waals surface area (Å²) in [6, 6.07) is 0. The van der Waals surface area contributed by atoms with E-state index in [1.165, 1.54) is 0 Å². The lowest BCUT2D eigenvalue weighted by molar-refractivity contribution is 0.766.